The Kier molecular flexibility index (Phi) is 4.71. The Morgan fingerprint density at radius 3 is 2.42 bits per heavy atom. The first kappa shape index (κ1) is 16.7. The lowest BCUT2D eigenvalue weighted by molar-refractivity contribution is 0.187. The summed E-state index contributed by atoms with van der Waals surface area (Å²) in [5.41, 5.74) is 1.52. The molecule has 1 fully saturated rings. The molecular weight excluding hydrogens is 302 g/mol. The predicted molar refractivity (Wildman–Crippen MR) is 94.9 cm³/mol. The lowest BCUT2D eigenvalue weighted by atomic mass is 10.1. The maximum Gasteiger partial charge on any atom is 0.330 e. The molecule has 5 nitrogen and oxygen atoms in total. The molecule has 1 atom stereocenters. The molecule has 128 valence electrons. The lowest BCUT2D eigenvalue weighted by Gasteiger charge is -2.30. The fraction of sp³-hybridized carbons (Fsp3) is 0.474. The van der Waals surface area contributed by atoms with Crippen LogP contribution in [0.2, 0.25) is 0 Å². The first-order valence-corrected chi connectivity index (χ1v) is 8.52. The third-order valence-electron chi connectivity index (χ3n) is 5.01. The smallest absolute Gasteiger partial charge is 0.299 e. The van der Waals surface area contributed by atoms with Crippen molar-refractivity contribution in [2.24, 2.45) is 20.0 Å². The molecule has 1 saturated carbocycles. The molecule has 24 heavy (non-hydrogen) atoms. The Bertz CT molecular complexity index is 819. The summed E-state index contributed by atoms with van der Waals surface area (Å²) in [6.07, 6.45) is 2.54. The van der Waals surface area contributed by atoms with Gasteiger partial charge in [-0.15, -0.1) is 0 Å². The number of hydrogen-bond donors (Lipinski definition) is 0. The van der Waals surface area contributed by atoms with Crippen LogP contribution >= 0.6 is 0 Å². The van der Waals surface area contributed by atoms with Gasteiger partial charge in [0.05, 0.1) is 0 Å². The van der Waals surface area contributed by atoms with Crippen molar-refractivity contribution in [1.29, 1.82) is 0 Å². The number of hydrogen-bond acceptors (Lipinski definition) is 3. The molecule has 1 aromatic heterocycles. The quantitative estimate of drug-likeness (QED) is 0.816. The molecule has 0 spiro atoms. The molecule has 1 aliphatic carbocycles. The summed E-state index contributed by atoms with van der Waals surface area (Å²) >= 11 is 0. The molecule has 0 saturated heterocycles. The second kappa shape index (κ2) is 6.77. The van der Waals surface area contributed by atoms with E-state index < -0.39 is 0 Å². The number of aromatic nitrogens is 2. The van der Waals surface area contributed by atoms with Gasteiger partial charge in [-0.1, -0.05) is 30.3 Å². The number of nitrogens with zero attached hydrogens (tertiary/aromatic N) is 3. The van der Waals surface area contributed by atoms with E-state index in [0.29, 0.717) is 6.54 Å². The first-order chi connectivity index (χ1) is 11.5. The number of rotatable bonds is 6. The van der Waals surface area contributed by atoms with Crippen molar-refractivity contribution < 1.29 is 0 Å². The van der Waals surface area contributed by atoms with Gasteiger partial charge in [0, 0.05) is 45.0 Å². The summed E-state index contributed by atoms with van der Waals surface area (Å²) in [7, 11) is 3.25. The summed E-state index contributed by atoms with van der Waals surface area (Å²) in [5, 5.41) is 0. The van der Waals surface area contributed by atoms with E-state index in [2.05, 4.69) is 36.1 Å². The zero-order valence-corrected chi connectivity index (χ0v) is 14.6. The van der Waals surface area contributed by atoms with Crippen LogP contribution in [0.25, 0.3) is 0 Å². The SMILES string of the molecule is C[C@H](c1ccccc1)N(Cc1cc(=O)n(C)c(=O)n1C)CC1CC1. The van der Waals surface area contributed by atoms with Crippen molar-refractivity contribution >= 4 is 0 Å². The normalized spacial score (nSPS) is 15.7. The molecule has 2 aromatic rings. The highest BCUT2D eigenvalue weighted by Gasteiger charge is 2.27. The zero-order chi connectivity index (χ0) is 17.3. The van der Waals surface area contributed by atoms with Gasteiger partial charge in [0.25, 0.3) is 5.56 Å². The molecule has 0 bridgehead atoms. The van der Waals surface area contributed by atoms with Crippen LogP contribution in [-0.2, 0) is 20.6 Å². The van der Waals surface area contributed by atoms with E-state index in [1.807, 2.05) is 6.07 Å². The molecule has 1 aromatic carbocycles. The van der Waals surface area contributed by atoms with Crippen LogP contribution in [0.1, 0.15) is 37.1 Å². The lowest BCUT2D eigenvalue weighted by Crippen LogP contribution is -2.40. The summed E-state index contributed by atoms with van der Waals surface area (Å²) in [6.45, 7) is 3.80. The van der Waals surface area contributed by atoms with Crippen molar-refractivity contribution in [3.63, 3.8) is 0 Å². The van der Waals surface area contributed by atoms with Crippen molar-refractivity contribution in [1.82, 2.24) is 14.0 Å². The molecule has 3 rings (SSSR count). The Morgan fingerprint density at radius 1 is 1.12 bits per heavy atom. The van der Waals surface area contributed by atoms with Gasteiger partial charge in [0.15, 0.2) is 0 Å². The van der Waals surface area contributed by atoms with Crippen LogP contribution in [0, 0.1) is 5.92 Å². The van der Waals surface area contributed by atoms with Crippen LogP contribution in [0.15, 0.2) is 46.0 Å². The highest BCUT2D eigenvalue weighted by molar-refractivity contribution is 5.19. The first-order valence-electron chi connectivity index (χ1n) is 8.52. The van der Waals surface area contributed by atoms with Gasteiger partial charge in [-0.25, -0.2) is 4.79 Å². The second-order valence-corrected chi connectivity index (χ2v) is 6.83. The number of benzene rings is 1. The fourth-order valence-corrected chi connectivity index (χ4v) is 3.07. The van der Waals surface area contributed by atoms with Crippen molar-refractivity contribution in [3.8, 4) is 0 Å². The minimum atomic E-state index is -0.267. The van der Waals surface area contributed by atoms with Crippen LogP contribution < -0.4 is 11.2 Å². The highest BCUT2D eigenvalue weighted by Crippen LogP contribution is 2.33. The molecule has 1 heterocycles. The topological polar surface area (TPSA) is 47.2 Å². The summed E-state index contributed by atoms with van der Waals surface area (Å²) < 4.78 is 2.73. The summed E-state index contributed by atoms with van der Waals surface area (Å²) in [4.78, 5) is 26.5. The Labute approximate surface area is 142 Å². The van der Waals surface area contributed by atoms with Crippen molar-refractivity contribution in [2.45, 2.75) is 32.4 Å². The zero-order valence-electron chi connectivity index (χ0n) is 14.6. The van der Waals surface area contributed by atoms with Crippen LogP contribution in [0.5, 0.6) is 0 Å². The molecule has 5 heteroatoms. The molecular formula is C19H25N3O2. The molecule has 0 N–H and O–H groups in total. The minimum Gasteiger partial charge on any atom is -0.299 e. The van der Waals surface area contributed by atoms with Crippen LogP contribution in [0.3, 0.4) is 0 Å². The van der Waals surface area contributed by atoms with Gasteiger partial charge in [0.1, 0.15) is 0 Å². The molecule has 0 unspecified atom stereocenters. The van der Waals surface area contributed by atoms with Gasteiger partial charge in [-0.3, -0.25) is 18.8 Å². The van der Waals surface area contributed by atoms with E-state index in [0.717, 1.165) is 22.7 Å². The van der Waals surface area contributed by atoms with E-state index >= 15 is 0 Å². The van der Waals surface area contributed by atoms with Gasteiger partial charge < -0.3 is 0 Å². The third kappa shape index (κ3) is 3.51. The summed E-state index contributed by atoms with van der Waals surface area (Å²) in [5.74, 6) is 0.736. The van der Waals surface area contributed by atoms with E-state index in [9.17, 15) is 9.59 Å². The monoisotopic (exact) mass is 327 g/mol. The average molecular weight is 327 g/mol. The minimum absolute atomic E-state index is 0.242. The van der Waals surface area contributed by atoms with E-state index in [1.54, 1.807) is 17.7 Å². The van der Waals surface area contributed by atoms with E-state index in [4.69, 9.17) is 0 Å². The largest absolute Gasteiger partial charge is 0.330 e. The molecule has 1 aliphatic rings. The molecule has 0 aliphatic heterocycles. The Balaban J connectivity index is 1.90. The third-order valence-corrected chi connectivity index (χ3v) is 5.01. The van der Waals surface area contributed by atoms with Gasteiger partial charge in [-0.2, -0.15) is 0 Å². The van der Waals surface area contributed by atoms with Crippen molar-refractivity contribution in [3.05, 3.63) is 68.5 Å². The van der Waals surface area contributed by atoms with Crippen LogP contribution in [0.4, 0.5) is 0 Å². The molecule has 0 amide bonds. The van der Waals surface area contributed by atoms with Gasteiger partial charge >= 0.3 is 5.69 Å². The standard InChI is InChI=1S/C19H25N3O2/c1-14(16-7-5-4-6-8-16)22(12-15-9-10-15)13-17-11-18(23)21(3)19(24)20(17)2/h4-8,11,14-15H,9-10,12-13H2,1-3H3/t14-/m1/s1. The van der Waals surface area contributed by atoms with E-state index in [-0.39, 0.29) is 17.3 Å². The highest BCUT2D eigenvalue weighted by atomic mass is 16.2. The predicted octanol–water partition coefficient (Wildman–Crippen LogP) is 2.06. The Morgan fingerprint density at radius 2 is 1.79 bits per heavy atom. The van der Waals surface area contributed by atoms with Gasteiger partial charge in [-0.05, 0) is 31.2 Å². The fourth-order valence-electron chi connectivity index (χ4n) is 3.07. The summed E-state index contributed by atoms with van der Waals surface area (Å²) in [6, 6.07) is 12.2. The maximum atomic E-state index is 12.2. The molecule has 0 radical (unpaired) electrons. The maximum absolute atomic E-state index is 12.2. The van der Waals surface area contributed by atoms with Gasteiger partial charge in [0.2, 0.25) is 0 Å². The van der Waals surface area contributed by atoms with E-state index in [1.165, 1.54) is 25.5 Å². The Hall–Kier alpha value is -2.14. The van der Waals surface area contributed by atoms with Crippen molar-refractivity contribution in [2.75, 3.05) is 6.54 Å². The second-order valence-electron chi connectivity index (χ2n) is 6.83. The average Bonchev–Trinajstić information content (AvgIpc) is 3.41. The van der Waals surface area contributed by atoms with Crippen LogP contribution in [-0.4, -0.2) is 20.6 Å².